The van der Waals surface area contributed by atoms with Gasteiger partial charge in [-0.05, 0) is 47.3 Å². The van der Waals surface area contributed by atoms with Crippen LogP contribution in [0.2, 0.25) is 0 Å². The Morgan fingerprint density at radius 2 is 2.16 bits per heavy atom. The molecule has 0 spiro atoms. The first-order chi connectivity index (χ1) is 9.18. The summed E-state index contributed by atoms with van der Waals surface area (Å²) in [5.41, 5.74) is 1.17. The van der Waals surface area contributed by atoms with Crippen LogP contribution in [0.1, 0.15) is 29.6 Å². The van der Waals surface area contributed by atoms with Gasteiger partial charge in [-0.15, -0.1) is 0 Å². The first-order valence-corrected chi connectivity index (χ1v) is 7.24. The molecule has 0 aliphatic carbocycles. The zero-order valence-corrected chi connectivity index (χ0v) is 12.0. The number of carbonyl (C=O) groups is 2. The number of nitrogens with zero attached hydrogens (tertiary/aromatic N) is 1. The van der Waals surface area contributed by atoms with Crippen molar-refractivity contribution in [3.05, 3.63) is 28.2 Å². The van der Waals surface area contributed by atoms with Gasteiger partial charge in [-0.3, -0.25) is 9.59 Å². The van der Waals surface area contributed by atoms with Crippen LogP contribution in [-0.2, 0) is 9.53 Å². The lowest BCUT2D eigenvalue weighted by atomic mass is 10.1. The minimum Gasteiger partial charge on any atom is -0.376 e. The Morgan fingerprint density at radius 1 is 1.32 bits per heavy atom. The number of anilines is 1. The van der Waals surface area contributed by atoms with Crippen LogP contribution >= 0.6 is 15.9 Å². The lowest BCUT2D eigenvalue weighted by Gasteiger charge is -2.27. The summed E-state index contributed by atoms with van der Waals surface area (Å²) < 4.78 is 6.33. The SMILES string of the molecule is O=C1C(=O)N(CC2CCCCO2)c2cccc(Br)c21. The summed E-state index contributed by atoms with van der Waals surface area (Å²) in [6.45, 7) is 1.21. The van der Waals surface area contributed by atoms with Crippen LogP contribution in [0.3, 0.4) is 0 Å². The molecule has 1 unspecified atom stereocenters. The highest BCUT2D eigenvalue weighted by Gasteiger charge is 2.38. The summed E-state index contributed by atoms with van der Waals surface area (Å²) in [5.74, 6) is -0.880. The minimum atomic E-state index is -0.448. The molecule has 2 heterocycles. The number of hydrogen-bond donors (Lipinski definition) is 0. The molecule has 100 valence electrons. The molecule has 5 heteroatoms. The molecule has 1 amide bonds. The third-order valence-corrected chi connectivity index (χ3v) is 4.27. The van der Waals surface area contributed by atoms with Crippen LogP contribution < -0.4 is 4.90 Å². The number of hydrogen-bond acceptors (Lipinski definition) is 3. The number of halogens is 1. The molecule has 19 heavy (non-hydrogen) atoms. The molecule has 2 aliphatic heterocycles. The number of carbonyl (C=O) groups excluding carboxylic acids is 2. The second-order valence-corrected chi connectivity index (χ2v) is 5.72. The number of benzene rings is 1. The van der Waals surface area contributed by atoms with Crippen molar-refractivity contribution in [1.82, 2.24) is 0 Å². The van der Waals surface area contributed by atoms with Crippen LogP contribution in [0.25, 0.3) is 0 Å². The second-order valence-electron chi connectivity index (χ2n) is 4.87. The van der Waals surface area contributed by atoms with Crippen molar-refractivity contribution >= 4 is 33.3 Å². The molecular weight excluding hydrogens is 310 g/mol. The van der Waals surface area contributed by atoms with Gasteiger partial charge in [0.2, 0.25) is 0 Å². The van der Waals surface area contributed by atoms with Gasteiger partial charge in [-0.25, -0.2) is 0 Å². The second kappa shape index (κ2) is 5.06. The number of ether oxygens (including phenoxy) is 1. The quantitative estimate of drug-likeness (QED) is 0.786. The number of fused-ring (bicyclic) bond motifs is 1. The first kappa shape index (κ1) is 12.8. The van der Waals surface area contributed by atoms with E-state index in [0.717, 1.165) is 25.9 Å². The smallest absolute Gasteiger partial charge is 0.299 e. The van der Waals surface area contributed by atoms with Crippen molar-refractivity contribution < 1.29 is 14.3 Å². The van der Waals surface area contributed by atoms with E-state index in [0.29, 0.717) is 22.3 Å². The average molecular weight is 324 g/mol. The van der Waals surface area contributed by atoms with Crippen molar-refractivity contribution in [3.63, 3.8) is 0 Å². The van der Waals surface area contributed by atoms with Crippen molar-refractivity contribution in [1.29, 1.82) is 0 Å². The Labute approximate surface area is 119 Å². The highest BCUT2D eigenvalue weighted by atomic mass is 79.9. The molecule has 0 bridgehead atoms. The molecule has 0 aromatic heterocycles. The molecule has 0 N–H and O–H groups in total. The standard InChI is InChI=1S/C14H14BrNO3/c15-10-5-3-6-11-12(10)13(17)14(18)16(11)8-9-4-1-2-7-19-9/h3,5-6,9H,1-2,4,7-8H2. The van der Waals surface area contributed by atoms with E-state index in [1.807, 2.05) is 12.1 Å². The Bertz CT molecular complexity index is 537. The summed E-state index contributed by atoms with van der Waals surface area (Å²) in [6, 6.07) is 5.43. The lowest BCUT2D eigenvalue weighted by Crippen LogP contribution is -2.39. The zero-order chi connectivity index (χ0) is 13.4. The van der Waals surface area contributed by atoms with Gasteiger partial charge in [0.15, 0.2) is 0 Å². The molecule has 0 saturated carbocycles. The van der Waals surface area contributed by atoms with Gasteiger partial charge in [0.05, 0.1) is 23.9 Å². The average Bonchev–Trinajstić information content (AvgIpc) is 2.66. The highest BCUT2D eigenvalue weighted by molar-refractivity contribution is 9.10. The molecule has 1 aromatic rings. The van der Waals surface area contributed by atoms with Gasteiger partial charge in [-0.2, -0.15) is 0 Å². The summed E-state index contributed by atoms with van der Waals surface area (Å²) in [6.07, 6.45) is 3.18. The van der Waals surface area contributed by atoms with E-state index in [9.17, 15) is 9.59 Å². The van der Waals surface area contributed by atoms with Crippen LogP contribution in [0.4, 0.5) is 5.69 Å². The zero-order valence-electron chi connectivity index (χ0n) is 10.4. The van der Waals surface area contributed by atoms with Crippen molar-refractivity contribution in [3.8, 4) is 0 Å². The normalized spacial score (nSPS) is 22.8. The third-order valence-electron chi connectivity index (χ3n) is 3.61. The van der Waals surface area contributed by atoms with Gasteiger partial charge in [0.1, 0.15) is 0 Å². The van der Waals surface area contributed by atoms with Gasteiger partial charge < -0.3 is 9.64 Å². The van der Waals surface area contributed by atoms with Crippen LogP contribution in [0, 0.1) is 0 Å². The summed E-state index contributed by atoms with van der Waals surface area (Å²) in [5, 5.41) is 0. The maximum absolute atomic E-state index is 12.1. The lowest BCUT2D eigenvalue weighted by molar-refractivity contribution is -0.114. The maximum atomic E-state index is 12.1. The molecule has 2 aliphatic rings. The van der Waals surface area contributed by atoms with E-state index >= 15 is 0 Å². The molecule has 1 fully saturated rings. The fourth-order valence-electron chi connectivity index (χ4n) is 2.64. The maximum Gasteiger partial charge on any atom is 0.299 e. The Morgan fingerprint density at radius 3 is 2.89 bits per heavy atom. The summed E-state index contributed by atoms with van der Waals surface area (Å²) >= 11 is 3.34. The third kappa shape index (κ3) is 2.21. The van der Waals surface area contributed by atoms with Gasteiger partial charge in [0.25, 0.3) is 11.7 Å². The van der Waals surface area contributed by atoms with Crippen LogP contribution in [0.15, 0.2) is 22.7 Å². The predicted molar refractivity (Wildman–Crippen MR) is 74.4 cm³/mol. The van der Waals surface area contributed by atoms with E-state index in [4.69, 9.17) is 4.74 Å². The minimum absolute atomic E-state index is 0.0374. The summed E-state index contributed by atoms with van der Waals surface area (Å²) in [4.78, 5) is 25.6. The van der Waals surface area contributed by atoms with E-state index in [1.165, 1.54) is 0 Å². The summed E-state index contributed by atoms with van der Waals surface area (Å²) in [7, 11) is 0. The van der Waals surface area contributed by atoms with Gasteiger partial charge in [0, 0.05) is 11.1 Å². The van der Waals surface area contributed by atoms with Crippen molar-refractivity contribution in [2.24, 2.45) is 0 Å². The highest BCUT2D eigenvalue weighted by Crippen LogP contribution is 2.34. The van der Waals surface area contributed by atoms with E-state index in [1.54, 1.807) is 11.0 Å². The number of rotatable bonds is 2. The Balaban J connectivity index is 1.88. The van der Waals surface area contributed by atoms with Crippen molar-refractivity contribution in [2.45, 2.75) is 25.4 Å². The van der Waals surface area contributed by atoms with Crippen LogP contribution in [-0.4, -0.2) is 30.9 Å². The molecule has 4 nitrogen and oxygen atoms in total. The van der Waals surface area contributed by atoms with E-state index in [2.05, 4.69) is 15.9 Å². The monoisotopic (exact) mass is 323 g/mol. The van der Waals surface area contributed by atoms with Crippen LogP contribution in [0.5, 0.6) is 0 Å². The van der Waals surface area contributed by atoms with Gasteiger partial charge >= 0.3 is 0 Å². The molecule has 3 rings (SSSR count). The van der Waals surface area contributed by atoms with E-state index < -0.39 is 11.7 Å². The number of ketones is 1. The molecule has 0 radical (unpaired) electrons. The predicted octanol–water partition coefficient (Wildman–Crippen LogP) is 2.55. The molecular formula is C14H14BrNO3. The Hall–Kier alpha value is -1.20. The fourth-order valence-corrected chi connectivity index (χ4v) is 3.17. The number of Topliss-reactive ketones (excluding diaryl/α,β-unsaturated/α-hetero) is 1. The fraction of sp³-hybridized carbons (Fsp3) is 0.429. The van der Waals surface area contributed by atoms with Gasteiger partial charge in [-0.1, -0.05) is 6.07 Å². The largest absolute Gasteiger partial charge is 0.376 e. The molecule has 1 atom stereocenters. The Kier molecular flexibility index (Phi) is 3.41. The number of amides is 1. The first-order valence-electron chi connectivity index (χ1n) is 6.45. The molecule has 1 aromatic carbocycles. The van der Waals surface area contributed by atoms with Crippen molar-refractivity contribution in [2.75, 3.05) is 18.1 Å². The topological polar surface area (TPSA) is 46.6 Å². The molecule has 1 saturated heterocycles. The van der Waals surface area contributed by atoms with E-state index in [-0.39, 0.29) is 6.10 Å².